The molecule has 0 spiro atoms. The Balaban J connectivity index is 1.94. The first-order chi connectivity index (χ1) is 15.4. The molecule has 32 heavy (non-hydrogen) atoms. The summed E-state index contributed by atoms with van der Waals surface area (Å²) in [6.45, 7) is 4.97. The molecule has 1 atom stereocenters. The van der Waals surface area contributed by atoms with Crippen molar-refractivity contribution in [1.82, 2.24) is 14.5 Å². The van der Waals surface area contributed by atoms with Crippen molar-refractivity contribution in [2.75, 3.05) is 50.5 Å². The van der Waals surface area contributed by atoms with E-state index < -0.39 is 11.2 Å². The smallest absolute Gasteiger partial charge is 0.330 e. The van der Waals surface area contributed by atoms with Gasteiger partial charge in [-0.2, -0.15) is 0 Å². The van der Waals surface area contributed by atoms with E-state index in [0.717, 1.165) is 31.5 Å². The second-order valence-electron chi connectivity index (χ2n) is 8.44. The van der Waals surface area contributed by atoms with Crippen LogP contribution in [0.4, 0.5) is 11.5 Å². The molecule has 2 heterocycles. The Bertz CT molecular complexity index is 1020. The van der Waals surface area contributed by atoms with E-state index in [1.807, 2.05) is 30.3 Å². The lowest BCUT2D eigenvalue weighted by Crippen LogP contribution is -2.47. The van der Waals surface area contributed by atoms with Gasteiger partial charge in [-0.15, -0.1) is 0 Å². The highest BCUT2D eigenvalue weighted by atomic mass is 16.5. The molecule has 1 saturated heterocycles. The summed E-state index contributed by atoms with van der Waals surface area (Å²) in [6, 6.07) is 9.35. The summed E-state index contributed by atoms with van der Waals surface area (Å²) in [7, 11) is 1.59. The number of carbonyl (C=O) groups excluding carboxylic acids is 1. The summed E-state index contributed by atoms with van der Waals surface area (Å²) in [6.07, 6.45) is 2.73. The van der Waals surface area contributed by atoms with Crippen LogP contribution in [0.5, 0.6) is 0 Å². The first kappa shape index (κ1) is 23.7. The van der Waals surface area contributed by atoms with Crippen molar-refractivity contribution < 1.29 is 9.53 Å². The molecule has 0 radical (unpaired) electrons. The minimum absolute atomic E-state index is 0.0135. The van der Waals surface area contributed by atoms with E-state index in [0.29, 0.717) is 18.9 Å². The summed E-state index contributed by atoms with van der Waals surface area (Å²) in [5, 5.41) is 0. The number of rotatable bonds is 9. The van der Waals surface area contributed by atoms with Crippen molar-refractivity contribution in [2.45, 2.75) is 32.7 Å². The number of benzene rings is 1. The third-order valence-electron chi connectivity index (χ3n) is 5.80. The quantitative estimate of drug-likeness (QED) is 0.564. The maximum absolute atomic E-state index is 13.3. The van der Waals surface area contributed by atoms with Gasteiger partial charge in [0.1, 0.15) is 5.82 Å². The number of aromatic amines is 1. The van der Waals surface area contributed by atoms with E-state index in [-0.39, 0.29) is 37.0 Å². The number of hydrogen-bond acceptors (Lipinski definition) is 6. The maximum Gasteiger partial charge on any atom is 0.330 e. The third-order valence-corrected chi connectivity index (χ3v) is 5.80. The van der Waals surface area contributed by atoms with Crippen LogP contribution in [-0.4, -0.2) is 60.3 Å². The second-order valence-corrected chi connectivity index (χ2v) is 8.44. The van der Waals surface area contributed by atoms with Crippen LogP contribution in [0.3, 0.4) is 0 Å². The SMILES string of the molecule is COCCCN(C(=O)CN1CCCC(C)C1)c1c(N)n(Cc2ccccc2)c(=O)[nH]c1=O. The van der Waals surface area contributed by atoms with Gasteiger partial charge in [-0.3, -0.25) is 24.0 Å². The molecule has 1 aromatic carbocycles. The molecule has 0 bridgehead atoms. The number of nitrogens with zero attached hydrogens (tertiary/aromatic N) is 3. The van der Waals surface area contributed by atoms with Crippen molar-refractivity contribution in [3.05, 3.63) is 56.7 Å². The van der Waals surface area contributed by atoms with Crippen LogP contribution >= 0.6 is 0 Å². The topological polar surface area (TPSA) is 114 Å². The zero-order valence-corrected chi connectivity index (χ0v) is 18.9. The minimum atomic E-state index is -0.658. The lowest BCUT2D eigenvalue weighted by molar-refractivity contribution is -0.120. The molecule has 2 aromatic rings. The van der Waals surface area contributed by atoms with Crippen LogP contribution in [0.1, 0.15) is 31.7 Å². The fraction of sp³-hybridized carbons (Fsp3) is 0.522. The number of methoxy groups -OCH3 is 1. The van der Waals surface area contributed by atoms with Crippen LogP contribution in [0.2, 0.25) is 0 Å². The number of aromatic nitrogens is 2. The van der Waals surface area contributed by atoms with Gasteiger partial charge in [0, 0.05) is 26.8 Å². The zero-order valence-electron chi connectivity index (χ0n) is 18.9. The Morgan fingerprint density at radius 2 is 2.03 bits per heavy atom. The van der Waals surface area contributed by atoms with E-state index in [1.54, 1.807) is 7.11 Å². The largest absolute Gasteiger partial charge is 0.385 e. The number of amides is 1. The van der Waals surface area contributed by atoms with E-state index in [2.05, 4.69) is 16.8 Å². The average Bonchev–Trinajstić information content (AvgIpc) is 2.76. The number of H-pyrrole nitrogens is 1. The number of nitrogens with one attached hydrogen (secondary N) is 1. The highest BCUT2D eigenvalue weighted by molar-refractivity contribution is 5.96. The predicted octanol–water partition coefficient (Wildman–Crippen LogP) is 1.27. The van der Waals surface area contributed by atoms with E-state index in [9.17, 15) is 14.4 Å². The first-order valence-electron chi connectivity index (χ1n) is 11.1. The predicted molar refractivity (Wildman–Crippen MR) is 125 cm³/mol. The molecule has 1 aliphatic heterocycles. The van der Waals surface area contributed by atoms with Gasteiger partial charge in [-0.1, -0.05) is 37.3 Å². The van der Waals surface area contributed by atoms with Crippen LogP contribution in [0, 0.1) is 5.92 Å². The number of nitrogens with two attached hydrogens (primary N) is 1. The molecule has 0 saturated carbocycles. The molecule has 1 aromatic heterocycles. The fourth-order valence-corrected chi connectivity index (χ4v) is 4.20. The van der Waals surface area contributed by atoms with Crippen LogP contribution < -0.4 is 21.9 Å². The van der Waals surface area contributed by atoms with E-state index >= 15 is 0 Å². The highest BCUT2D eigenvalue weighted by Crippen LogP contribution is 2.20. The molecule has 174 valence electrons. The number of likely N-dealkylation sites (tertiary alicyclic amines) is 1. The van der Waals surface area contributed by atoms with Gasteiger partial charge in [0.2, 0.25) is 5.91 Å². The number of carbonyl (C=O) groups is 1. The summed E-state index contributed by atoms with van der Waals surface area (Å²) in [5.41, 5.74) is 5.96. The number of piperidine rings is 1. The Hall–Kier alpha value is -2.91. The number of nitrogen functional groups attached to an aromatic ring is 1. The molecule has 0 aliphatic carbocycles. The van der Waals surface area contributed by atoms with Crippen molar-refractivity contribution >= 4 is 17.4 Å². The third kappa shape index (κ3) is 5.86. The molecule has 1 aliphatic rings. The van der Waals surface area contributed by atoms with Gasteiger partial charge in [-0.05, 0) is 37.3 Å². The first-order valence-corrected chi connectivity index (χ1v) is 11.1. The Kier molecular flexibility index (Phi) is 8.24. The standard InChI is InChI=1S/C23H33N5O4/c1-17-8-6-11-26(14-17)16-19(29)27(12-7-13-32-2)20-21(24)28(23(31)25-22(20)30)15-18-9-4-3-5-10-18/h3-5,9-10,17H,6-8,11-16,24H2,1-2H3,(H,25,30,31). The van der Waals surface area contributed by atoms with Crippen molar-refractivity contribution in [3.8, 4) is 0 Å². The number of anilines is 2. The molecule has 1 unspecified atom stereocenters. The summed E-state index contributed by atoms with van der Waals surface area (Å²) in [4.78, 5) is 44.5. The number of hydrogen-bond donors (Lipinski definition) is 2. The molecular weight excluding hydrogens is 410 g/mol. The summed E-state index contributed by atoms with van der Waals surface area (Å²) < 4.78 is 6.43. The number of ether oxygens (including phenoxy) is 1. The van der Waals surface area contributed by atoms with Crippen molar-refractivity contribution in [1.29, 1.82) is 0 Å². The lowest BCUT2D eigenvalue weighted by atomic mass is 10.0. The van der Waals surface area contributed by atoms with Gasteiger partial charge < -0.3 is 15.4 Å². The van der Waals surface area contributed by atoms with Gasteiger partial charge in [-0.25, -0.2) is 4.79 Å². The van der Waals surface area contributed by atoms with Crippen LogP contribution in [0.25, 0.3) is 0 Å². The summed E-state index contributed by atoms with van der Waals surface area (Å²) in [5.74, 6) is 0.303. The zero-order chi connectivity index (χ0) is 23.1. The van der Waals surface area contributed by atoms with Crippen LogP contribution in [0.15, 0.2) is 39.9 Å². The van der Waals surface area contributed by atoms with E-state index in [4.69, 9.17) is 10.5 Å². The lowest BCUT2D eigenvalue weighted by Gasteiger charge is -2.32. The molecule has 9 heteroatoms. The van der Waals surface area contributed by atoms with Gasteiger partial charge in [0.25, 0.3) is 5.56 Å². The molecule has 1 amide bonds. The monoisotopic (exact) mass is 443 g/mol. The highest BCUT2D eigenvalue weighted by Gasteiger charge is 2.27. The Labute approximate surface area is 187 Å². The molecule has 1 fully saturated rings. The summed E-state index contributed by atoms with van der Waals surface area (Å²) >= 11 is 0. The molecular formula is C23H33N5O4. The minimum Gasteiger partial charge on any atom is -0.385 e. The van der Waals surface area contributed by atoms with E-state index in [1.165, 1.54) is 9.47 Å². The van der Waals surface area contributed by atoms with Gasteiger partial charge in [0.15, 0.2) is 5.69 Å². The average molecular weight is 444 g/mol. The molecule has 3 N–H and O–H groups in total. The van der Waals surface area contributed by atoms with Crippen LogP contribution in [-0.2, 0) is 16.1 Å². The second kappa shape index (κ2) is 11.1. The Morgan fingerprint density at radius 3 is 2.72 bits per heavy atom. The Morgan fingerprint density at radius 1 is 1.28 bits per heavy atom. The van der Waals surface area contributed by atoms with Gasteiger partial charge >= 0.3 is 5.69 Å². The molecule has 3 rings (SSSR count). The molecule has 9 nitrogen and oxygen atoms in total. The maximum atomic E-state index is 13.3. The normalized spacial score (nSPS) is 16.8. The fourth-order valence-electron chi connectivity index (χ4n) is 4.20. The van der Waals surface area contributed by atoms with Gasteiger partial charge in [0.05, 0.1) is 13.1 Å². The van der Waals surface area contributed by atoms with Crippen molar-refractivity contribution in [2.24, 2.45) is 5.92 Å². The van der Waals surface area contributed by atoms with Crippen molar-refractivity contribution in [3.63, 3.8) is 0 Å².